The van der Waals surface area contributed by atoms with Crippen LogP contribution in [0.1, 0.15) is 28.5 Å². The molecule has 5 heteroatoms. The van der Waals surface area contributed by atoms with Gasteiger partial charge in [-0.3, -0.25) is 4.79 Å². The molecule has 0 saturated heterocycles. The van der Waals surface area contributed by atoms with Crippen LogP contribution >= 0.6 is 11.6 Å². The van der Waals surface area contributed by atoms with Crippen LogP contribution in [0.15, 0.2) is 16.5 Å². The fourth-order valence-corrected chi connectivity index (χ4v) is 2.51. The predicted octanol–water partition coefficient (Wildman–Crippen LogP) is 3.74. The Hall–Kier alpha value is -1.81. The number of carbonyl (C=O) groups is 1. The van der Waals surface area contributed by atoms with Gasteiger partial charge in [-0.1, -0.05) is 17.7 Å². The Labute approximate surface area is 123 Å². The normalized spacial score (nSPS) is 10.7. The lowest BCUT2D eigenvalue weighted by Crippen LogP contribution is -2.15. The van der Waals surface area contributed by atoms with Crippen LogP contribution in [-0.4, -0.2) is 10.9 Å². The predicted molar refractivity (Wildman–Crippen MR) is 79.2 cm³/mol. The van der Waals surface area contributed by atoms with Gasteiger partial charge < -0.3 is 9.73 Å². The quantitative estimate of drug-likeness (QED) is 0.937. The maximum atomic E-state index is 12.1. The number of anilines is 1. The lowest BCUT2D eigenvalue weighted by atomic mass is 10.1. The maximum Gasteiger partial charge on any atom is 0.232 e. The molecule has 0 aliphatic rings. The zero-order valence-corrected chi connectivity index (χ0v) is 12.8. The molecule has 1 heterocycles. The van der Waals surface area contributed by atoms with E-state index in [0.717, 1.165) is 16.8 Å². The average Bonchev–Trinajstić information content (AvgIpc) is 2.62. The molecule has 106 valence electrons. The first-order chi connectivity index (χ1) is 9.36. The summed E-state index contributed by atoms with van der Waals surface area (Å²) in [5.41, 5.74) is 3.39. The molecular formula is C15H17ClN2O2. The van der Waals surface area contributed by atoms with Crippen molar-refractivity contribution >= 4 is 23.2 Å². The monoisotopic (exact) mass is 292 g/mol. The number of nitrogens with one attached hydrogen (secondary N) is 1. The second-order valence-corrected chi connectivity index (χ2v) is 5.31. The van der Waals surface area contributed by atoms with Crippen molar-refractivity contribution in [2.24, 2.45) is 0 Å². The molecular weight excluding hydrogens is 276 g/mol. The van der Waals surface area contributed by atoms with Crippen molar-refractivity contribution in [3.05, 3.63) is 45.6 Å². The highest BCUT2D eigenvalue weighted by Gasteiger charge is 2.14. The Balaban J connectivity index is 2.15. The van der Waals surface area contributed by atoms with Crippen molar-refractivity contribution in [1.29, 1.82) is 0 Å². The number of aromatic nitrogens is 1. The Morgan fingerprint density at radius 3 is 2.55 bits per heavy atom. The Morgan fingerprint density at radius 1 is 1.30 bits per heavy atom. The van der Waals surface area contributed by atoms with Gasteiger partial charge in [0.05, 0.1) is 22.8 Å². The molecule has 0 radical (unpaired) electrons. The maximum absolute atomic E-state index is 12.1. The largest absolute Gasteiger partial charge is 0.445 e. The highest BCUT2D eigenvalue weighted by atomic mass is 35.5. The molecule has 1 aromatic carbocycles. The van der Waals surface area contributed by atoms with Crippen LogP contribution in [0.5, 0.6) is 0 Å². The molecule has 0 atom stereocenters. The molecule has 0 fully saturated rings. The van der Waals surface area contributed by atoms with E-state index in [-0.39, 0.29) is 12.3 Å². The minimum absolute atomic E-state index is 0.149. The first-order valence-electron chi connectivity index (χ1n) is 6.36. The summed E-state index contributed by atoms with van der Waals surface area (Å²) in [6.45, 7) is 7.46. The van der Waals surface area contributed by atoms with Crippen LogP contribution in [0.4, 0.5) is 5.69 Å². The summed E-state index contributed by atoms with van der Waals surface area (Å²) in [5, 5.41) is 3.37. The lowest BCUT2D eigenvalue weighted by Gasteiger charge is -2.11. The number of hydrogen-bond donors (Lipinski definition) is 1. The van der Waals surface area contributed by atoms with E-state index < -0.39 is 0 Å². The van der Waals surface area contributed by atoms with Crippen LogP contribution in [0, 0.1) is 27.7 Å². The Morgan fingerprint density at radius 2 is 2.00 bits per heavy atom. The number of hydrogen-bond acceptors (Lipinski definition) is 3. The molecule has 20 heavy (non-hydrogen) atoms. The summed E-state index contributed by atoms with van der Waals surface area (Å²) in [7, 11) is 0. The van der Waals surface area contributed by atoms with Gasteiger partial charge in [0, 0.05) is 6.92 Å². The van der Waals surface area contributed by atoms with Crippen LogP contribution in [-0.2, 0) is 11.2 Å². The molecule has 2 rings (SSSR count). The van der Waals surface area contributed by atoms with E-state index in [0.29, 0.717) is 22.4 Å². The molecule has 0 bridgehead atoms. The smallest absolute Gasteiger partial charge is 0.232 e. The highest BCUT2D eigenvalue weighted by Crippen LogP contribution is 2.27. The Bertz CT molecular complexity index is 639. The molecule has 1 N–H and O–H groups in total. The standard InChI is InChI=1S/C15H17ClN2O2/c1-8-5-9(2)15(12(16)6-8)18-14(19)7-13-10(3)17-11(4)20-13/h5-6H,7H2,1-4H3,(H,18,19). The van der Waals surface area contributed by atoms with E-state index in [1.54, 1.807) is 6.92 Å². The average molecular weight is 293 g/mol. The van der Waals surface area contributed by atoms with E-state index in [1.165, 1.54) is 0 Å². The Kier molecular flexibility index (Phi) is 4.14. The number of amides is 1. The number of aryl methyl sites for hydroxylation is 4. The van der Waals surface area contributed by atoms with E-state index >= 15 is 0 Å². The van der Waals surface area contributed by atoms with E-state index in [4.69, 9.17) is 16.0 Å². The molecule has 4 nitrogen and oxygen atoms in total. The number of oxazole rings is 1. The molecule has 1 amide bonds. The van der Waals surface area contributed by atoms with Crippen molar-refractivity contribution in [3.8, 4) is 0 Å². The summed E-state index contributed by atoms with van der Waals surface area (Å²) < 4.78 is 5.40. The van der Waals surface area contributed by atoms with Gasteiger partial charge in [-0.25, -0.2) is 4.98 Å². The third-order valence-corrected chi connectivity index (χ3v) is 3.31. The van der Waals surface area contributed by atoms with Crippen LogP contribution in [0.3, 0.4) is 0 Å². The van der Waals surface area contributed by atoms with Gasteiger partial charge in [-0.2, -0.15) is 0 Å². The number of carbonyl (C=O) groups excluding carboxylic acids is 1. The SMILES string of the molecule is Cc1cc(C)c(NC(=O)Cc2oc(C)nc2C)c(Cl)c1. The summed E-state index contributed by atoms with van der Waals surface area (Å²) in [4.78, 5) is 16.2. The second-order valence-electron chi connectivity index (χ2n) is 4.91. The van der Waals surface area contributed by atoms with E-state index in [9.17, 15) is 4.79 Å². The number of nitrogens with zero attached hydrogens (tertiary/aromatic N) is 1. The fourth-order valence-electron chi connectivity index (χ4n) is 2.14. The topological polar surface area (TPSA) is 55.1 Å². The number of halogens is 1. The van der Waals surface area contributed by atoms with Crippen molar-refractivity contribution in [3.63, 3.8) is 0 Å². The van der Waals surface area contributed by atoms with Crippen molar-refractivity contribution in [2.75, 3.05) is 5.32 Å². The van der Waals surface area contributed by atoms with Crippen molar-refractivity contribution in [1.82, 2.24) is 4.98 Å². The molecule has 0 spiro atoms. The fraction of sp³-hybridized carbons (Fsp3) is 0.333. The van der Waals surface area contributed by atoms with Crippen LogP contribution < -0.4 is 5.32 Å². The van der Waals surface area contributed by atoms with Crippen LogP contribution in [0.25, 0.3) is 0 Å². The lowest BCUT2D eigenvalue weighted by molar-refractivity contribution is -0.115. The van der Waals surface area contributed by atoms with Crippen molar-refractivity contribution < 1.29 is 9.21 Å². The molecule has 1 aromatic heterocycles. The molecule has 0 aliphatic heterocycles. The zero-order valence-electron chi connectivity index (χ0n) is 12.0. The first-order valence-corrected chi connectivity index (χ1v) is 6.74. The molecule has 0 unspecified atom stereocenters. The second kappa shape index (κ2) is 5.67. The number of benzene rings is 1. The van der Waals surface area contributed by atoms with E-state index in [1.807, 2.05) is 32.9 Å². The van der Waals surface area contributed by atoms with Gasteiger partial charge in [-0.15, -0.1) is 0 Å². The van der Waals surface area contributed by atoms with Crippen molar-refractivity contribution in [2.45, 2.75) is 34.1 Å². The van der Waals surface area contributed by atoms with Gasteiger partial charge in [-0.05, 0) is 38.0 Å². The van der Waals surface area contributed by atoms with Gasteiger partial charge in [0.25, 0.3) is 0 Å². The highest BCUT2D eigenvalue weighted by molar-refractivity contribution is 6.34. The molecule has 2 aromatic rings. The summed E-state index contributed by atoms with van der Waals surface area (Å²) >= 11 is 6.17. The minimum Gasteiger partial charge on any atom is -0.445 e. The van der Waals surface area contributed by atoms with Gasteiger partial charge >= 0.3 is 0 Å². The third-order valence-electron chi connectivity index (χ3n) is 3.02. The first kappa shape index (κ1) is 14.6. The van der Waals surface area contributed by atoms with Gasteiger partial charge in [0.15, 0.2) is 5.89 Å². The summed E-state index contributed by atoms with van der Waals surface area (Å²) in [5.74, 6) is 0.980. The summed E-state index contributed by atoms with van der Waals surface area (Å²) in [6, 6.07) is 3.80. The van der Waals surface area contributed by atoms with Crippen LogP contribution in [0.2, 0.25) is 5.02 Å². The third kappa shape index (κ3) is 3.20. The zero-order chi connectivity index (χ0) is 14.9. The molecule has 0 aliphatic carbocycles. The van der Waals surface area contributed by atoms with E-state index in [2.05, 4.69) is 10.3 Å². The number of rotatable bonds is 3. The van der Waals surface area contributed by atoms with Gasteiger partial charge in [0.2, 0.25) is 5.91 Å². The summed E-state index contributed by atoms with van der Waals surface area (Å²) in [6.07, 6.45) is 0.149. The minimum atomic E-state index is -0.168. The van der Waals surface area contributed by atoms with Gasteiger partial charge in [0.1, 0.15) is 5.76 Å². The molecule has 0 saturated carbocycles.